The molecule has 1 nitrogen and oxygen atoms in total. The fourth-order valence-corrected chi connectivity index (χ4v) is 3.91. The molecule has 1 heterocycles. The van der Waals surface area contributed by atoms with Crippen LogP contribution < -0.4 is 5.32 Å². The van der Waals surface area contributed by atoms with E-state index in [9.17, 15) is 0 Å². The zero-order valence-electron chi connectivity index (χ0n) is 11.0. The maximum atomic E-state index is 3.67. The summed E-state index contributed by atoms with van der Waals surface area (Å²) in [7, 11) is 0. The lowest BCUT2D eigenvalue weighted by molar-refractivity contribution is 0.289. The fourth-order valence-electron chi connectivity index (χ4n) is 2.64. The van der Waals surface area contributed by atoms with Crippen molar-refractivity contribution in [1.82, 2.24) is 5.32 Å². The van der Waals surface area contributed by atoms with Crippen LogP contribution in [0.15, 0.2) is 39.5 Å². The number of hydrogen-bond acceptors (Lipinski definition) is 2. The zero-order valence-corrected chi connectivity index (χ0v) is 13.4. The molecule has 0 bridgehead atoms. The van der Waals surface area contributed by atoms with Gasteiger partial charge < -0.3 is 5.32 Å². The van der Waals surface area contributed by atoms with Crippen molar-refractivity contribution >= 4 is 27.3 Å². The van der Waals surface area contributed by atoms with Crippen molar-refractivity contribution in [3.63, 3.8) is 0 Å². The van der Waals surface area contributed by atoms with Crippen LogP contribution in [0.1, 0.15) is 35.4 Å². The minimum atomic E-state index is 0.684. The molecule has 1 aliphatic rings. The number of nitrogens with one attached hydrogen (secondary N) is 1. The SMILES string of the molecule is Cc1cscc1CNC1CC(c2cccc(Br)c2)C1. The molecule has 0 aliphatic heterocycles. The van der Waals surface area contributed by atoms with Gasteiger partial charge in [-0.25, -0.2) is 0 Å². The van der Waals surface area contributed by atoms with Crippen molar-refractivity contribution in [1.29, 1.82) is 0 Å². The molecule has 3 heteroatoms. The molecule has 19 heavy (non-hydrogen) atoms. The van der Waals surface area contributed by atoms with Gasteiger partial charge in [-0.1, -0.05) is 28.1 Å². The smallest absolute Gasteiger partial charge is 0.0218 e. The highest BCUT2D eigenvalue weighted by Crippen LogP contribution is 2.37. The predicted molar refractivity (Wildman–Crippen MR) is 85.8 cm³/mol. The maximum absolute atomic E-state index is 3.67. The third-order valence-corrected chi connectivity index (χ3v) is 5.40. The highest BCUT2D eigenvalue weighted by molar-refractivity contribution is 9.10. The third kappa shape index (κ3) is 3.10. The van der Waals surface area contributed by atoms with Crippen LogP contribution in [0.2, 0.25) is 0 Å². The average molecular weight is 336 g/mol. The van der Waals surface area contributed by atoms with Crippen LogP contribution in [-0.4, -0.2) is 6.04 Å². The van der Waals surface area contributed by atoms with E-state index >= 15 is 0 Å². The largest absolute Gasteiger partial charge is 0.310 e. The first kappa shape index (κ1) is 13.3. The zero-order chi connectivity index (χ0) is 13.2. The molecule has 0 saturated heterocycles. The molecule has 0 atom stereocenters. The molecule has 0 spiro atoms. The van der Waals surface area contributed by atoms with E-state index in [1.807, 2.05) is 0 Å². The molecule has 1 N–H and O–H groups in total. The second-order valence-electron chi connectivity index (χ2n) is 5.38. The van der Waals surface area contributed by atoms with E-state index in [0.717, 1.165) is 12.5 Å². The van der Waals surface area contributed by atoms with Crippen molar-refractivity contribution in [3.8, 4) is 0 Å². The van der Waals surface area contributed by atoms with Crippen molar-refractivity contribution in [3.05, 3.63) is 56.2 Å². The normalized spacial score (nSPS) is 22.2. The minimum absolute atomic E-state index is 0.684. The summed E-state index contributed by atoms with van der Waals surface area (Å²) in [5.41, 5.74) is 4.34. The van der Waals surface area contributed by atoms with E-state index in [-0.39, 0.29) is 0 Å². The van der Waals surface area contributed by atoms with Gasteiger partial charge in [0.25, 0.3) is 0 Å². The van der Waals surface area contributed by atoms with Crippen LogP contribution in [0, 0.1) is 6.92 Å². The highest BCUT2D eigenvalue weighted by Gasteiger charge is 2.29. The number of halogens is 1. The Morgan fingerprint density at radius 1 is 1.32 bits per heavy atom. The molecular formula is C16H18BrNS. The number of hydrogen-bond donors (Lipinski definition) is 1. The summed E-state index contributed by atoms with van der Waals surface area (Å²) >= 11 is 5.35. The number of aryl methyl sites for hydroxylation is 1. The molecular weight excluding hydrogens is 318 g/mol. The summed E-state index contributed by atoms with van der Waals surface area (Å²) in [6.07, 6.45) is 2.53. The first-order valence-electron chi connectivity index (χ1n) is 6.73. The second-order valence-corrected chi connectivity index (χ2v) is 7.04. The van der Waals surface area contributed by atoms with Crippen LogP contribution in [-0.2, 0) is 6.54 Å². The Morgan fingerprint density at radius 2 is 2.16 bits per heavy atom. The van der Waals surface area contributed by atoms with E-state index in [1.165, 1.54) is 34.0 Å². The van der Waals surface area contributed by atoms with Gasteiger partial charge in [0.05, 0.1) is 0 Å². The second kappa shape index (κ2) is 5.78. The molecule has 1 aliphatic carbocycles. The first-order valence-corrected chi connectivity index (χ1v) is 8.46. The summed E-state index contributed by atoms with van der Waals surface area (Å²) < 4.78 is 1.19. The van der Waals surface area contributed by atoms with Gasteiger partial charge in [0.1, 0.15) is 0 Å². The van der Waals surface area contributed by atoms with Crippen molar-refractivity contribution in [2.45, 2.75) is 38.3 Å². The molecule has 3 rings (SSSR count). The van der Waals surface area contributed by atoms with Crippen LogP contribution in [0.25, 0.3) is 0 Å². The Morgan fingerprint density at radius 3 is 2.84 bits per heavy atom. The van der Waals surface area contributed by atoms with Crippen LogP contribution in [0.5, 0.6) is 0 Å². The van der Waals surface area contributed by atoms with Gasteiger partial charge in [-0.05, 0) is 65.3 Å². The summed E-state index contributed by atoms with van der Waals surface area (Å²) in [5, 5.41) is 8.15. The average Bonchev–Trinajstić information content (AvgIpc) is 2.73. The fraction of sp³-hybridized carbons (Fsp3) is 0.375. The lowest BCUT2D eigenvalue weighted by atomic mass is 9.76. The van der Waals surface area contributed by atoms with Gasteiger partial charge in [0.2, 0.25) is 0 Å². The molecule has 1 aromatic heterocycles. The van der Waals surface area contributed by atoms with Gasteiger partial charge in [-0.15, -0.1) is 0 Å². The van der Waals surface area contributed by atoms with E-state index in [0.29, 0.717) is 6.04 Å². The molecule has 2 aromatic rings. The summed E-state index contributed by atoms with van der Waals surface area (Å²) in [5.74, 6) is 0.735. The number of rotatable bonds is 4. The lowest BCUT2D eigenvalue weighted by Gasteiger charge is -2.36. The van der Waals surface area contributed by atoms with Crippen LogP contribution in [0.4, 0.5) is 0 Å². The van der Waals surface area contributed by atoms with E-state index in [2.05, 4.69) is 63.2 Å². The topological polar surface area (TPSA) is 12.0 Å². The molecule has 1 fully saturated rings. The Kier molecular flexibility index (Phi) is 4.06. The molecule has 0 radical (unpaired) electrons. The van der Waals surface area contributed by atoms with E-state index < -0.39 is 0 Å². The van der Waals surface area contributed by atoms with Gasteiger partial charge >= 0.3 is 0 Å². The summed E-state index contributed by atoms with van der Waals surface area (Å²) in [4.78, 5) is 0. The summed E-state index contributed by atoms with van der Waals surface area (Å²) in [6, 6.07) is 9.41. The molecule has 100 valence electrons. The Labute approximate surface area is 127 Å². The third-order valence-electron chi connectivity index (χ3n) is 4.00. The van der Waals surface area contributed by atoms with Gasteiger partial charge in [-0.2, -0.15) is 11.3 Å². The molecule has 0 unspecified atom stereocenters. The van der Waals surface area contributed by atoms with Crippen molar-refractivity contribution < 1.29 is 0 Å². The molecule has 1 saturated carbocycles. The van der Waals surface area contributed by atoms with Crippen molar-refractivity contribution in [2.75, 3.05) is 0 Å². The standard InChI is InChI=1S/C16H18BrNS/c1-11-9-19-10-14(11)8-18-16-6-13(7-16)12-3-2-4-15(17)5-12/h2-5,9-10,13,16,18H,6-8H2,1H3. The molecule has 1 aromatic carbocycles. The van der Waals surface area contributed by atoms with E-state index in [1.54, 1.807) is 11.3 Å². The quantitative estimate of drug-likeness (QED) is 0.841. The highest BCUT2D eigenvalue weighted by atomic mass is 79.9. The Balaban J connectivity index is 1.49. The maximum Gasteiger partial charge on any atom is 0.0218 e. The van der Waals surface area contributed by atoms with Crippen LogP contribution >= 0.6 is 27.3 Å². The number of thiophene rings is 1. The van der Waals surface area contributed by atoms with Crippen molar-refractivity contribution in [2.24, 2.45) is 0 Å². The lowest BCUT2D eigenvalue weighted by Crippen LogP contribution is -2.39. The first-order chi connectivity index (χ1) is 9.22. The van der Waals surface area contributed by atoms with Crippen LogP contribution in [0.3, 0.4) is 0 Å². The van der Waals surface area contributed by atoms with Gasteiger partial charge in [0, 0.05) is 17.1 Å². The Hall–Kier alpha value is -0.640. The van der Waals surface area contributed by atoms with Gasteiger partial charge in [0.15, 0.2) is 0 Å². The predicted octanol–water partition coefficient (Wildman–Crippen LogP) is 4.85. The molecule has 0 amide bonds. The minimum Gasteiger partial charge on any atom is -0.310 e. The van der Waals surface area contributed by atoms with E-state index in [4.69, 9.17) is 0 Å². The number of benzene rings is 1. The summed E-state index contributed by atoms with van der Waals surface area (Å²) in [6.45, 7) is 3.21. The Bertz CT molecular complexity index is 557. The monoisotopic (exact) mass is 335 g/mol. The van der Waals surface area contributed by atoms with Gasteiger partial charge in [-0.3, -0.25) is 0 Å².